The number of rotatable bonds is 1. The maximum absolute atomic E-state index is 11.9. The monoisotopic (exact) mass is 323 g/mol. The summed E-state index contributed by atoms with van der Waals surface area (Å²) in [7, 11) is 1.58. The maximum Gasteiger partial charge on any atom is 0.289 e. The van der Waals surface area contributed by atoms with Crippen LogP contribution in [0.3, 0.4) is 0 Å². The summed E-state index contributed by atoms with van der Waals surface area (Å²) < 4.78 is -0.181. The molecule has 15 heavy (non-hydrogen) atoms. The Labute approximate surface area is 105 Å². The van der Waals surface area contributed by atoms with Crippen LogP contribution in [0, 0.1) is 5.92 Å². The van der Waals surface area contributed by atoms with E-state index in [-0.39, 0.29) is 15.7 Å². The zero-order valence-corrected chi connectivity index (χ0v) is 11.3. The van der Waals surface area contributed by atoms with Gasteiger partial charge in [-0.1, -0.05) is 32.1 Å². The molecule has 0 radical (unpaired) electrons. The molecule has 0 bridgehead atoms. The standard InChI is InChI=1S/C11H18INO2/c1-13(11(12)15)10(14)9-7-5-3-2-4-6-8-9/h9H,2-8H2,1H3. The van der Waals surface area contributed by atoms with E-state index in [1.807, 2.05) is 0 Å². The third-order valence-electron chi connectivity index (χ3n) is 3.05. The van der Waals surface area contributed by atoms with E-state index in [2.05, 4.69) is 0 Å². The first-order valence-corrected chi connectivity index (χ1v) is 6.68. The van der Waals surface area contributed by atoms with E-state index >= 15 is 0 Å². The molecule has 0 unspecified atom stereocenters. The van der Waals surface area contributed by atoms with Crippen LogP contribution in [-0.4, -0.2) is 21.8 Å². The minimum atomic E-state index is -0.181. The zero-order valence-electron chi connectivity index (χ0n) is 9.17. The van der Waals surface area contributed by atoms with Crippen molar-refractivity contribution in [1.29, 1.82) is 0 Å². The average molecular weight is 323 g/mol. The van der Waals surface area contributed by atoms with E-state index in [0.717, 1.165) is 25.7 Å². The summed E-state index contributed by atoms with van der Waals surface area (Å²) in [5.41, 5.74) is 0. The quantitative estimate of drug-likeness (QED) is 0.421. The van der Waals surface area contributed by atoms with E-state index in [1.165, 1.54) is 24.2 Å². The van der Waals surface area contributed by atoms with E-state index < -0.39 is 0 Å². The number of imide groups is 1. The fourth-order valence-corrected chi connectivity index (χ4v) is 2.30. The molecule has 86 valence electrons. The Morgan fingerprint density at radius 1 is 1.07 bits per heavy atom. The third-order valence-corrected chi connectivity index (χ3v) is 3.77. The molecule has 0 spiro atoms. The lowest BCUT2D eigenvalue weighted by atomic mass is 9.90. The molecular formula is C11H18INO2. The van der Waals surface area contributed by atoms with Crippen LogP contribution in [0.4, 0.5) is 4.79 Å². The second-order valence-electron chi connectivity index (χ2n) is 4.19. The van der Waals surface area contributed by atoms with Crippen LogP contribution in [-0.2, 0) is 4.79 Å². The van der Waals surface area contributed by atoms with Gasteiger partial charge in [0.05, 0.1) is 0 Å². The first-order valence-electron chi connectivity index (χ1n) is 5.60. The Bertz CT molecular complexity index is 235. The predicted molar refractivity (Wildman–Crippen MR) is 68.0 cm³/mol. The lowest BCUT2D eigenvalue weighted by molar-refractivity contribution is -0.131. The van der Waals surface area contributed by atoms with Crippen LogP contribution in [0.1, 0.15) is 44.9 Å². The van der Waals surface area contributed by atoms with Gasteiger partial charge in [0, 0.05) is 35.6 Å². The van der Waals surface area contributed by atoms with E-state index in [9.17, 15) is 9.59 Å². The highest BCUT2D eigenvalue weighted by molar-refractivity contribution is 14.1. The number of amides is 2. The summed E-state index contributed by atoms with van der Waals surface area (Å²) in [5.74, 6) is 0.0883. The summed E-state index contributed by atoms with van der Waals surface area (Å²) in [6.07, 6.45) is 7.90. The lowest BCUT2D eigenvalue weighted by Crippen LogP contribution is -2.34. The molecule has 1 rings (SSSR count). The van der Waals surface area contributed by atoms with Crippen LogP contribution in [0.15, 0.2) is 0 Å². The zero-order chi connectivity index (χ0) is 11.3. The topological polar surface area (TPSA) is 37.4 Å². The van der Waals surface area contributed by atoms with Gasteiger partial charge in [-0.05, 0) is 12.8 Å². The van der Waals surface area contributed by atoms with Gasteiger partial charge in [0.1, 0.15) is 0 Å². The van der Waals surface area contributed by atoms with Crippen LogP contribution in [0.25, 0.3) is 0 Å². The highest BCUT2D eigenvalue weighted by atomic mass is 127. The number of hydrogen-bond acceptors (Lipinski definition) is 2. The number of nitrogens with zero attached hydrogens (tertiary/aromatic N) is 1. The number of halogens is 1. The lowest BCUT2D eigenvalue weighted by Gasteiger charge is -2.22. The minimum absolute atomic E-state index is 0.0105. The second kappa shape index (κ2) is 6.45. The second-order valence-corrected chi connectivity index (χ2v) is 5.12. The Morgan fingerprint density at radius 2 is 1.53 bits per heavy atom. The Balaban J connectivity index is 2.52. The predicted octanol–water partition coefficient (Wildman–Crippen LogP) is 3.36. The first-order chi connectivity index (χ1) is 7.13. The van der Waals surface area contributed by atoms with Crippen molar-refractivity contribution < 1.29 is 9.59 Å². The van der Waals surface area contributed by atoms with Gasteiger partial charge >= 0.3 is 0 Å². The van der Waals surface area contributed by atoms with Gasteiger partial charge in [-0.3, -0.25) is 14.5 Å². The molecule has 4 heteroatoms. The van der Waals surface area contributed by atoms with Crippen LogP contribution >= 0.6 is 22.6 Å². The normalized spacial score (nSPS) is 19.1. The Hall–Kier alpha value is -0.130. The smallest absolute Gasteiger partial charge is 0.277 e. The molecule has 1 saturated carbocycles. The molecule has 0 aromatic rings. The highest BCUT2D eigenvalue weighted by Crippen LogP contribution is 2.24. The molecule has 0 heterocycles. The summed E-state index contributed by atoms with van der Waals surface area (Å²) in [6, 6.07) is 0. The van der Waals surface area contributed by atoms with Gasteiger partial charge in [0.2, 0.25) is 5.91 Å². The van der Waals surface area contributed by atoms with Crippen molar-refractivity contribution in [3.63, 3.8) is 0 Å². The van der Waals surface area contributed by atoms with E-state index in [0.29, 0.717) is 0 Å². The van der Waals surface area contributed by atoms with Crippen LogP contribution in [0.2, 0.25) is 0 Å². The van der Waals surface area contributed by atoms with Gasteiger partial charge in [-0.2, -0.15) is 0 Å². The largest absolute Gasteiger partial charge is 0.289 e. The molecule has 0 saturated heterocycles. The summed E-state index contributed by atoms with van der Waals surface area (Å²) in [4.78, 5) is 24.2. The van der Waals surface area contributed by atoms with Crippen molar-refractivity contribution >= 4 is 32.4 Å². The molecule has 1 aliphatic carbocycles. The van der Waals surface area contributed by atoms with Crippen LogP contribution < -0.4 is 0 Å². The highest BCUT2D eigenvalue weighted by Gasteiger charge is 2.24. The molecule has 1 fully saturated rings. The summed E-state index contributed by atoms with van der Waals surface area (Å²) >= 11 is 1.66. The third kappa shape index (κ3) is 4.09. The maximum atomic E-state index is 11.9. The molecule has 1 aliphatic rings. The molecule has 0 aromatic heterocycles. The molecule has 0 atom stereocenters. The van der Waals surface area contributed by atoms with E-state index in [1.54, 1.807) is 29.6 Å². The number of hydrogen-bond donors (Lipinski definition) is 0. The van der Waals surface area contributed by atoms with Gasteiger partial charge in [-0.15, -0.1) is 0 Å². The van der Waals surface area contributed by atoms with Crippen molar-refractivity contribution in [2.45, 2.75) is 44.9 Å². The molecule has 2 amide bonds. The summed E-state index contributed by atoms with van der Waals surface area (Å²) in [5, 5.41) is 0. The van der Waals surface area contributed by atoms with E-state index in [4.69, 9.17) is 0 Å². The average Bonchev–Trinajstić information content (AvgIpc) is 2.15. The molecule has 0 aliphatic heterocycles. The van der Waals surface area contributed by atoms with Crippen molar-refractivity contribution in [1.82, 2.24) is 4.90 Å². The molecular weight excluding hydrogens is 305 g/mol. The Kier molecular flexibility index (Phi) is 5.56. The number of carbonyl (C=O) groups is 2. The van der Waals surface area contributed by atoms with Crippen molar-refractivity contribution in [2.24, 2.45) is 5.92 Å². The van der Waals surface area contributed by atoms with Crippen molar-refractivity contribution in [3.8, 4) is 0 Å². The first kappa shape index (κ1) is 12.9. The summed E-state index contributed by atoms with van der Waals surface area (Å²) in [6.45, 7) is 0. The fourth-order valence-electron chi connectivity index (χ4n) is 2.06. The minimum Gasteiger partial charge on any atom is -0.277 e. The SMILES string of the molecule is CN(C(=O)I)C(=O)C1CCCCCCC1. The van der Waals surface area contributed by atoms with Gasteiger partial charge in [-0.25, -0.2) is 0 Å². The molecule has 3 nitrogen and oxygen atoms in total. The number of carbonyl (C=O) groups excluding carboxylic acids is 2. The fraction of sp³-hybridized carbons (Fsp3) is 0.818. The van der Waals surface area contributed by atoms with Gasteiger partial charge in [0.15, 0.2) is 0 Å². The Morgan fingerprint density at radius 3 is 2.00 bits per heavy atom. The van der Waals surface area contributed by atoms with Crippen LogP contribution in [0.5, 0.6) is 0 Å². The van der Waals surface area contributed by atoms with Crippen molar-refractivity contribution in [3.05, 3.63) is 0 Å². The van der Waals surface area contributed by atoms with Gasteiger partial charge < -0.3 is 0 Å². The van der Waals surface area contributed by atoms with Crippen molar-refractivity contribution in [2.75, 3.05) is 7.05 Å². The van der Waals surface area contributed by atoms with Gasteiger partial charge in [0.25, 0.3) is 3.91 Å². The molecule has 0 aromatic carbocycles. The molecule has 0 N–H and O–H groups in total.